The number of rotatable bonds is 9. The molecule has 2 rings (SSSR count). The van der Waals surface area contributed by atoms with Gasteiger partial charge in [0.25, 0.3) is 0 Å². The molecular weight excluding hydrogens is 346 g/mol. The molecule has 8 nitrogen and oxygen atoms in total. The number of hydrogen-bond acceptors (Lipinski definition) is 8. The molecule has 0 saturated carbocycles. The minimum absolute atomic E-state index is 0.00835. The van der Waals surface area contributed by atoms with Crippen molar-refractivity contribution in [3.8, 4) is 0 Å². The van der Waals surface area contributed by atoms with Gasteiger partial charge in [0.05, 0.1) is 18.8 Å². The van der Waals surface area contributed by atoms with Gasteiger partial charge in [0.1, 0.15) is 12.0 Å². The van der Waals surface area contributed by atoms with Gasteiger partial charge in [-0.15, -0.1) is 0 Å². The van der Waals surface area contributed by atoms with Gasteiger partial charge in [0.15, 0.2) is 11.6 Å². The summed E-state index contributed by atoms with van der Waals surface area (Å²) in [5.41, 5.74) is 7.81. The first-order chi connectivity index (χ1) is 13.0. The number of aromatic nitrogens is 2. The SMILES string of the molecule is CCN(CCO)c1ncnc(Nc2ccc(C(=O)OCC(C)C)cc2)c1N. The molecule has 0 unspecified atom stereocenters. The van der Waals surface area contributed by atoms with Crippen LogP contribution in [0.2, 0.25) is 0 Å². The molecule has 0 fully saturated rings. The minimum atomic E-state index is -0.346. The number of nitrogen functional groups attached to an aromatic ring is 1. The van der Waals surface area contributed by atoms with E-state index in [2.05, 4.69) is 15.3 Å². The van der Waals surface area contributed by atoms with Crippen molar-refractivity contribution in [2.75, 3.05) is 42.3 Å². The molecule has 1 heterocycles. The zero-order valence-corrected chi connectivity index (χ0v) is 16.0. The van der Waals surface area contributed by atoms with E-state index in [1.54, 1.807) is 24.3 Å². The van der Waals surface area contributed by atoms with Gasteiger partial charge >= 0.3 is 5.97 Å². The molecule has 146 valence electrons. The first-order valence-electron chi connectivity index (χ1n) is 8.96. The normalized spacial score (nSPS) is 10.7. The highest BCUT2D eigenvalue weighted by Crippen LogP contribution is 2.28. The quantitative estimate of drug-likeness (QED) is 0.574. The lowest BCUT2D eigenvalue weighted by atomic mass is 10.2. The van der Waals surface area contributed by atoms with E-state index in [-0.39, 0.29) is 12.6 Å². The van der Waals surface area contributed by atoms with E-state index in [0.29, 0.717) is 48.5 Å². The predicted octanol–water partition coefficient (Wildman–Crippen LogP) is 2.43. The molecule has 0 aliphatic heterocycles. The van der Waals surface area contributed by atoms with Gasteiger partial charge in [-0.25, -0.2) is 14.8 Å². The Morgan fingerprint density at radius 1 is 1.30 bits per heavy atom. The van der Waals surface area contributed by atoms with Crippen LogP contribution in [0, 0.1) is 5.92 Å². The van der Waals surface area contributed by atoms with Crippen LogP contribution in [0.25, 0.3) is 0 Å². The van der Waals surface area contributed by atoms with Crippen LogP contribution in [0.3, 0.4) is 0 Å². The first kappa shape index (κ1) is 20.4. The number of esters is 1. The topological polar surface area (TPSA) is 114 Å². The molecule has 27 heavy (non-hydrogen) atoms. The third-order valence-corrected chi connectivity index (χ3v) is 3.85. The zero-order valence-electron chi connectivity index (χ0n) is 16.0. The van der Waals surface area contributed by atoms with Crippen LogP contribution in [0.1, 0.15) is 31.1 Å². The maximum Gasteiger partial charge on any atom is 0.338 e. The molecule has 0 bridgehead atoms. The molecule has 0 atom stereocenters. The highest BCUT2D eigenvalue weighted by Gasteiger charge is 2.14. The molecule has 0 amide bonds. The third-order valence-electron chi connectivity index (χ3n) is 3.85. The summed E-state index contributed by atoms with van der Waals surface area (Å²) in [4.78, 5) is 22.3. The zero-order chi connectivity index (χ0) is 19.8. The van der Waals surface area contributed by atoms with Crippen LogP contribution in [-0.2, 0) is 4.74 Å². The Kier molecular flexibility index (Phi) is 7.36. The number of carbonyl (C=O) groups is 1. The van der Waals surface area contributed by atoms with Gasteiger partial charge in [0.2, 0.25) is 0 Å². The molecule has 2 aromatic rings. The Bertz CT molecular complexity index is 750. The van der Waals surface area contributed by atoms with Crippen LogP contribution in [-0.4, -0.2) is 47.3 Å². The Morgan fingerprint density at radius 3 is 2.59 bits per heavy atom. The fourth-order valence-electron chi connectivity index (χ4n) is 2.42. The first-order valence-corrected chi connectivity index (χ1v) is 8.96. The summed E-state index contributed by atoms with van der Waals surface area (Å²) in [6.07, 6.45) is 1.42. The van der Waals surface area contributed by atoms with Gasteiger partial charge < -0.3 is 25.8 Å². The van der Waals surface area contributed by atoms with Crippen molar-refractivity contribution in [3.63, 3.8) is 0 Å². The lowest BCUT2D eigenvalue weighted by Crippen LogP contribution is -2.28. The predicted molar refractivity (Wildman–Crippen MR) is 106 cm³/mol. The van der Waals surface area contributed by atoms with E-state index in [4.69, 9.17) is 10.5 Å². The smallest absolute Gasteiger partial charge is 0.338 e. The second-order valence-electron chi connectivity index (χ2n) is 6.46. The van der Waals surface area contributed by atoms with Gasteiger partial charge in [-0.2, -0.15) is 0 Å². The van der Waals surface area contributed by atoms with Crippen LogP contribution in [0.4, 0.5) is 23.0 Å². The van der Waals surface area contributed by atoms with Crippen LogP contribution in [0.15, 0.2) is 30.6 Å². The Hall–Kier alpha value is -2.87. The summed E-state index contributed by atoms with van der Waals surface area (Å²) in [5.74, 6) is 0.976. The number of ether oxygens (including phenoxy) is 1. The number of benzene rings is 1. The Balaban J connectivity index is 2.12. The van der Waals surface area contributed by atoms with Crippen LogP contribution >= 0.6 is 0 Å². The van der Waals surface area contributed by atoms with Gasteiger partial charge in [-0.05, 0) is 37.1 Å². The third kappa shape index (κ3) is 5.55. The van der Waals surface area contributed by atoms with E-state index < -0.39 is 0 Å². The van der Waals surface area contributed by atoms with E-state index in [0.717, 1.165) is 5.69 Å². The highest BCUT2D eigenvalue weighted by atomic mass is 16.5. The fraction of sp³-hybridized carbons (Fsp3) is 0.421. The van der Waals surface area contributed by atoms with Crippen molar-refractivity contribution in [3.05, 3.63) is 36.2 Å². The average molecular weight is 373 g/mol. The van der Waals surface area contributed by atoms with Crippen molar-refractivity contribution >= 4 is 29.0 Å². The molecule has 0 spiro atoms. The Labute approximate surface area is 159 Å². The van der Waals surface area contributed by atoms with Gasteiger partial charge in [-0.3, -0.25) is 0 Å². The summed E-state index contributed by atoms with van der Waals surface area (Å²) < 4.78 is 5.22. The molecular formula is C19H27N5O3. The molecule has 4 N–H and O–H groups in total. The maximum absolute atomic E-state index is 12.0. The standard InChI is InChI=1S/C19H27N5O3/c1-4-24(9-10-25)18-16(20)17(21-12-22-18)23-15-7-5-14(6-8-15)19(26)27-11-13(2)3/h5-8,12-13,25H,4,9-11,20H2,1-3H3,(H,21,22,23). The van der Waals surface area contributed by atoms with E-state index in [1.807, 2.05) is 25.7 Å². The van der Waals surface area contributed by atoms with Gasteiger partial charge in [-0.1, -0.05) is 13.8 Å². The molecule has 1 aromatic carbocycles. The second-order valence-corrected chi connectivity index (χ2v) is 6.46. The lowest BCUT2D eigenvalue weighted by molar-refractivity contribution is 0.0459. The molecule has 8 heteroatoms. The van der Waals surface area contributed by atoms with Crippen molar-refractivity contribution in [2.45, 2.75) is 20.8 Å². The van der Waals surface area contributed by atoms with Crippen molar-refractivity contribution in [1.82, 2.24) is 9.97 Å². The number of likely N-dealkylation sites (N-methyl/N-ethyl adjacent to an activating group) is 1. The van der Waals surface area contributed by atoms with Crippen molar-refractivity contribution < 1.29 is 14.6 Å². The summed E-state index contributed by atoms with van der Waals surface area (Å²) in [6, 6.07) is 6.90. The number of hydrogen-bond donors (Lipinski definition) is 3. The maximum atomic E-state index is 12.0. The number of nitrogens with two attached hydrogens (primary N) is 1. The number of aliphatic hydroxyl groups is 1. The van der Waals surface area contributed by atoms with Gasteiger partial charge in [0, 0.05) is 18.8 Å². The van der Waals surface area contributed by atoms with Crippen molar-refractivity contribution in [1.29, 1.82) is 0 Å². The largest absolute Gasteiger partial charge is 0.462 e. The minimum Gasteiger partial charge on any atom is -0.462 e. The summed E-state index contributed by atoms with van der Waals surface area (Å²) in [6.45, 7) is 7.43. The summed E-state index contributed by atoms with van der Waals surface area (Å²) in [5, 5.41) is 12.3. The summed E-state index contributed by atoms with van der Waals surface area (Å²) >= 11 is 0. The molecule has 0 aliphatic carbocycles. The molecule has 1 aromatic heterocycles. The fourth-order valence-corrected chi connectivity index (χ4v) is 2.42. The molecule has 0 radical (unpaired) electrons. The molecule has 0 aliphatic rings. The van der Waals surface area contributed by atoms with Crippen LogP contribution < -0.4 is 16.0 Å². The number of carbonyl (C=O) groups excluding carboxylic acids is 1. The monoisotopic (exact) mass is 373 g/mol. The van der Waals surface area contributed by atoms with Crippen LogP contribution in [0.5, 0.6) is 0 Å². The van der Waals surface area contributed by atoms with Crippen molar-refractivity contribution in [2.24, 2.45) is 5.92 Å². The highest BCUT2D eigenvalue weighted by molar-refractivity contribution is 5.90. The second kappa shape index (κ2) is 9.72. The Morgan fingerprint density at radius 2 is 2.00 bits per heavy atom. The summed E-state index contributed by atoms with van der Waals surface area (Å²) in [7, 11) is 0. The van der Waals surface area contributed by atoms with E-state index in [9.17, 15) is 9.90 Å². The molecule has 0 saturated heterocycles. The number of nitrogens with one attached hydrogen (secondary N) is 1. The van der Waals surface area contributed by atoms with E-state index in [1.165, 1.54) is 6.33 Å². The number of nitrogens with zero attached hydrogens (tertiary/aromatic N) is 3. The number of anilines is 4. The lowest BCUT2D eigenvalue weighted by Gasteiger charge is -2.23. The van der Waals surface area contributed by atoms with E-state index >= 15 is 0 Å². The number of aliphatic hydroxyl groups excluding tert-OH is 1. The average Bonchev–Trinajstić information content (AvgIpc) is 2.66.